The zero-order valence-electron chi connectivity index (χ0n) is 11.9. The van der Waals surface area contributed by atoms with Gasteiger partial charge in [-0.2, -0.15) is 0 Å². The number of halogens is 1. The summed E-state index contributed by atoms with van der Waals surface area (Å²) in [5.41, 5.74) is 1.88. The minimum atomic E-state index is -0.763. The third-order valence-corrected chi connectivity index (χ3v) is 4.33. The van der Waals surface area contributed by atoms with Crippen LogP contribution >= 0.6 is 22.6 Å². The van der Waals surface area contributed by atoms with E-state index in [4.69, 9.17) is 5.11 Å². The molecule has 0 bridgehead atoms. The molecule has 5 nitrogen and oxygen atoms in total. The van der Waals surface area contributed by atoms with E-state index in [2.05, 4.69) is 27.9 Å². The molecule has 21 heavy (non-hydrogen) atoms. The number of nitrogens with zero attached hydrogens (tertiary/aromatic N) is 1. The number of anilines is 1. The average Bonchev–Trinajstić information content (AvgIpc) is 2.79. The zero-order chi connectivity index (χ0) is 15.4. The highest BCUT2D eigenvalue weighted by molar-refractivity contribution is 14.1. The van der Waals surface area contributed by atoms with Gasteiger partial charge in [0.1, 0.15) is 0 Å². The standard InChI is InChI=1S/C15H19IN2O3/c1-10-6-12(16)2-3-13(10)17-14(19)9-18-5-4-11(8-18)7-15(20)21/h2-3,6,11H,4-5,7-9H2,1H3,(H,17,19)(H,20,21). The highest BCUT2D eigenvalue weighted by Gasteiger charge is 2.25. The van der Waals surface area contributed by atoms with Gasteiger partial charge in [-0.3, -0.25) is 14.5 Å². The fourth-order valence-corrected chi connectivity index (χ4v) is 3.28. The van der Waals surface area contributed by atoms with Crippen molar-refractivity contribution in [3.63, 3.8) is 0 Å². The van der Waals surface area contributed by atoms with Crippen LogP contribution in [-0.4, -0.2) is 41.5 Å². The summed E-state index contributed by atoms with van der Waals surface area (Å²) in [4.78, 5) is 24.8. The molecule has 1 heterocycles. The van der Waals surface area contributed by atoms with E-state index in [9.17, 15) is 9.59 Å². The van der Waals surface area contributed by atoms with Crippen molar-refractivity contribution in [3.05, 3.63) is 27.3 Å². The Morgan fingerprint density at radius 1 is 1.48 bits per heavy atom. The molecular formula is C15H19IN2O3. The van der Waals surface area contributed by atoms with Crippen molar-refractivity contribution in [2.75, 3.05) is 25.0 Å². The maximum atomic E-state index is 12.1. The first-order chi connectivity index (χ1) is 9.94. The van der Waals surface area contributed by atoms with E-state index < -0.39 is 5.97 Å². The zero-order valence-corrected chi connectivity index (χ0v) is 14.1. The van der Waals surface area contributed by atoms with E-state index in [1.807, 2.05) is 30.0 Å². The molecule has 1 unspecified atom stereocenters. The van der Waals surface area contributed by atoms with E-state index >= 15 is 0 Å². The van der Waals surface area contributed by atoms with Gasteiger partial charge in [0.15, 0.2) is 0 Å². The Morgan fingerprint density at radius 2 is 2.24 bits per heavy atom. The number of carboxylic acid groups (broad SMARTS) is 1. The molecule has 1 amide bonds. The number of carboxylic acids is 1. The van der Waals surface area contributed by atoms with Crippen molar-refractivity contribution < 1.29 is 14.7 Å². The molecule has 1 aromatic rings. The van der Waals surface area contributed by atoms with Crippen LogP contribution in [0.4, 0.5) is 5.69 Å². The molecule has 2 N–H and O–H groups in total. The Labute approximate surface area is 137 Å². The van der Waals surface area contributed by atoms with Gasteiger partial charge in [0.05, 0.1) is 6.54 Å². The van der Waals surface area contributed by atoms with Crippen molar-refractivity contribution >= 4 is 40.2 Å². The van der Waals surface area contributed by atoms with Crippen LogP contribution in [0.15, 0.2) is 18.2 Å². The number of carbonyl (C=O) groups excluding carboxylic acids is 1. The molecule has 6 heteroatoms. The Kier molecular flexibility index (Phi) is 5.58. The van der Waals surface area contributed by atoms with E-state index in [0.29, 0.717) is 13.1 Å². The summed E-state index contributed by atoms with van der Waals surface area (Å²) in [5.74, 6) is -0.647. The van der Waals surface area contributed by atoms with Gasteiger partial charge in [0, 0.05) is 22.2 Å². The molecule has 1 atom stereocenters. The predicted octanol–water partition coefficient (Wildman–Crippen LogP) is 2.33. The molecule has 1 aliphatic rings. The van der Waals surface area contributed by atoms with Crippen LogP contribution in [0, 0.1) is 16.4 Å². The van der Waals surface area contributed by atoms with Crippen LogP contribution in [-0.2, 0) is 9.59 Å². The highest BCUT2D eigenvalue weighted by atomic mass is 127. The first kappa shape index (κ1) is 16.2. The number of nitrogens with one attached hydrogen (secondary N) is 1. The van der Waals surface area contributed by atoms with Crippen LogP contribution in [0.5, 0.6) is 0 Å². The summed E-state index contributed by atoms with van der Waals surface area (Å²) in [6.45, 7) is 3.76. The topological polar surface area (TPSA) is 69.6 Å². The number of rotatable bonds is 5. The first-order valence-electron chi connectivity index (χ1n) is 6.94. The maximum absolute atomic E-state index is 12.1. The summed E-state index contributed by atoms with van der Waals surface area (Å²) >= 11 is 2.24. The molecule has 0 radical (unpaired) electrons. The van der Waals surface area contributed by atoms with Crippen LogP contribution in [0.25, 0.3) is 0 Å². The van der Waals surface area contributed by atoms with Gasteiger partial charge in [-0.05, 0) is 72.2 Å². The Bertz CT molecular complexity index is 548. The SMILES string of the molecule is Cc1cc(I)ccc1NC(=O)CN1CCC(CC(=O)O)C1. The van der Waals surface area contributed by atoms with Gasteiger partial charge in [0.2, 0.25) is 5.91 Å². The quantitative estimate of drug-likeness (QED) is 0.742. The molecule has 0 aromatic heterocycles. The molecule has 2 rings (SSSR count). The molecule has 0 saturated carbocycles. The number of benzene rings is 1. The summed E-state index contributed by atoms with van der Waals surface area (Å²) in [6.07, 6.45) is 1.04. The third-order valence-electron chi connectivity index (χ3n) is 3.66. The number of carbonyl (C=O) groups is 2. The first-order valence-corrected chi connectivity index (χ1v) is 8.02. The van der Waals surface area contributed by atoms with Crippen LogP contribution < -0.4 is 5.32 Å². The van der Waals surface area contributed by atoms with Gasteiger partial charge >= 0.3 is 5.97 Å². The molecular weight excluding hydrogens is 383 g/mol. The molecule has 0 spiro atoms. The fraction of sp³-hybridized carbons (Fsp3) is 0.467. The minimum Gasteiger partial charge on any atom is -0.481 e. The second-order valence-corrected chi connectivity index (χ2v) is 6.74. The summed E-state index contributed by atoms with van der Waals surface area (Å²) in [6, 6.07) is 5.89. The Balaban J connectivity index is 1.84. The van der Waals surface area contributed by atoms with Crippen LogP contribution in [0.3, 0.4) is 0 Å². The molecule has 1 saturated heterocycles. The van der Waals surface area contributed by atoms with Crippen LogP contribution in [0.2, 0.25) is 0 Å². The minimum absolute atomic E-state index is 0.0460. The van der Waals surface area contributed by atoms with Gasteiger partial charge < -0.3 is 10.4 Å². The third kappa shape index (κ3) is 4.96. The average molecular weight is 402 g/mol. The summed E-state index contributed by atoms with van der Waals surface area (Å²) in [7, 11) is 0. The second kappa shape index (κ2) is 7.22. The van der Waals surface area contributed by atoms with Gasteiger partial charge in [-0.1, -0.05) is 0 Å². The van der Waals surface area contributed by atoms with Crippen LogP contribution in [0.1, 0.15) is 18.4 Å². The number of aliphatic carboxylic acids is 1. The largest absolute Gasteiger partial charge is 0.481 e. The van der Waals surface area contributed by atoms with Crippen molar-refractivity contribution in [2.24, 2.45) is 5.92 Å². The number of amides is 1. The van der Waals surface area contributed by atoms with E-state index in [1.165, 1.54) is 0 Å². The molecule has 1 fully saturated rings. The lowest BCUT2D eigenvalue weighted by Crippen LogP contribution is -2.32. The lowest BCUT2D eigenvalue weighted by molar-refractivity contribution is -0.138. The highest BCUT2D eigenvalue weighted by Crippen LogP contribution is 2.20. The van der Waals surface area contributed by atoms with E-state index in [1.54, 1.807) is 0 Å². The monoisotopic (exact) mass is 402 g/mol. The number of likely N-dealkylation sites (tertiary alicyclic amines) is 1. The Hall–Kier alpha value is -1.15. The van der Waals surface area contributed by atoms with Gasteiger partial charge in [-0.25, -0.2) is 0 Å². The molecule has 0 aliphatic carbocycles. The number of hydrogen-bond donors (Lipinski definition) is 2. The maximum Gasteiger partial charge on any atom is 0.303 e. The normalized spacial score (nSPS) is 18.7. The second-order valence-electron chi connectivity index (χ2n) is 5.50. The van der Waals surface area contributed by atoms with Gasteiger partial charge in [0.25, 0.3) is 0 Å². The lowest BCUT2D eigenvalue weighted by Gasteiger charge is -2.16. The van der Waals surface area contributed by atoms with Gasteiger partial charge in [-0.15, -0.1) is 0 Å². The molecule has 1 aliphatic heterocycles. The lowest BCUT2D eigenvalue weighted by atomic mass is 10.1. The summed E-state index contributed by atoms with van der Waals surface area (Å²) < 4.78 is 1.14. The van der Waals surface area contributed by atoms with Crippen molar-refractivity contribution in [1.82, 2.24) is 4.90 Å². The van der Waals surface area contributed by atoms with Crippen molar-refractivity contribution in [1.29, 1.82) is 0 Å². The van der Waals surface area contributed by atoms with E-state index in [-0.39, 0.29) is 18.2 Å². The Morgan fingerprint density at radius 3 is 2.90 bits per heavy atom. The summed E-state index contributed by atoms with van der Waals surface area (Å²) in [5, 5.41) is 11.7. The van der Waals surface area contributed by atoms with Crippen molar-refractivity contribution in [2.45, 2.75) is 19.8 Å². The fourth-order valence-electron chi connectivity index (χ4n) is 2.63. The van der Waals surface area contributed by atoms with E-state index in [0.717, 1.165) is 27.8 Å². The van der Waals surface area contributed by atoms with Crippen molar-refractivity contribution in [3.8, 4) is 0 Å². The smallest absolute Gasteiger partial charge is 0.303 e. The molecule has 1 aromatic carbocycles. The molecule has 114 valence electrons. The number of hydrogen-bond acceptors (Lipinski definition) is 3. The predicted molar refractivity (Wildman–Crippen MR) is 89.3 cm³/mol. The number of aryl methyl sites for hydroxylation is 1.